The van der Waals surface area contributed by atoms with Crippen LogP contribution in [0.25, 0.3) is 0 Å². The van der Waals surface area contributed by atoms with Gasteiger partial charge in [0.15, 0.2) is 5.76 Å². The second kappa shape index (κ2) is 7.23. The monoisotopic (exact) mass is 354 g/mol. The van der Waals surface area contributed by atoms with Crippen LogP contribution in [-0.4, -0.2) is 11.8 Å². The Kier molecular flexibility index (Phi) is 4.86. The van der Waals surface area contributed by atoms with Crippen molar-refractivity contribution in [2.45, 2.75) is 6.92 Å². The molecule has 0 aliphatic rings. The van der Waals surface area contributed by atoms with Gasteiger partial charge in [-0.2, -0.15) is 0 Å². The summed E-state index contributed by atoms with van der Waals surface area (Å²) in [6.45, 7) is 1.84. The van der Waals surface area contributed by atoms with Gasteiger partial charge < -0.3 is 15.1 Å². The highest BCUT2D eigenvalue weighted by molar-refractivity contribution is 6.31. The number of carbonyl (C=O) groups excluding carboxylic acids is 2. The van der Waals surface area contributed by atoms with Gasteiger partial charge in [0.1, 0.15) is 0 Å². The average Bonchev–Trinajstić information content (AvgIpc) is 3.14. The Morgan fingerprint density at radius 2 is 1.68 bits per heavy atom. The first-order chi connectivity index (χ1) is 12.0. The third kappa shape index (κ3) is 3.89. The first-order valence-electron chi connectivity index (χ1n) is 7.56. The third-order valence-electron chi connectivity index (χ3n) is 3.67. The number of halogens is 1. The van der Waals surface area contributed by atoms with Crippen molar-refractivity contribution < 1.29 is 14.0 Å². The number of furan rings is 1. The number of nitrogens with one attached hydrogen (secondary N) is 2. The van der Waals surface area contributed by atoms with E-state index in [-0.39, 0.29) is 17.6 Å². The lowest BCUT2D eigenvalue weighted by molar-refractivity contribution is 0.0995. The second-order valence-electron chi connectivity index (χ2n) is 5.38. The Morgan fingerprint density at radius 3 is 2.36 bits per heavy atom. The van der Waals surface area contributed by atoms with Gasteiger partial charge in [0.05, 0.1) is 6.26 Å². The van der Waals surface area contributed by atoms with E-state index in [2.05, 4.69) is 10.6 Å². The number of hydrogen-bond donors (Lipinski definition) is 2. The van der Waals surface area contributed by atoms with Crippen LogP contribution in [0.4, 0.5) is 11.4 Å². The van der Waals surface area contributed by atoms with Crippen LogP contribution in [0.15, 0.2) is 65.3 Å². The lowest BCUT2D eigenvalue weighted by Crippen LogP contribution is -2.14. The molecule has 0 aliphatic heterocycles. The fraction of sp³-hybridized carbons (Fsp3) is 0.0526. The molecule has 1 heterocycles. The molecule has 6 heteroatoms. The molecule has 5 nitrogen and oxygen atoms in total. The van der Waals surface area contributed by atoms with Crippen LogP contribution in [0.5, 0.6) is 0 Å². The van der Waals surface area contributed by atoms with Gasteiger partial charge in [-0.25, -0.2) is 0 Å². The topological polar surface area (TPSA) is 71.3 Å². The third-order valence-corrected chi connectivity index (χ3v) is 4.08. The zero-order valence-electron chi connectivity index (χ0n) is 13.4. The van der Waals surface area contributed by atoms with Crippen molar-refractivity contribution in [1.82, 2.24) is 0 Å². The molecule has 0 atom stereocenters. The predicted octanol–water partition coefficient (Wildman–Crippen LogP) is 4.75. The van der Waals surface area contributed by atoms with Gasteiger partial charge in [-0.3, -0.25) is 9.59 Å². The van der Waals surface area contributed by atoms with Gasteiger partial charge >= 0.3 is 0 Å². The number of amides is 2. The fourth-order valence-electron chi connectivity index (χ4n) is 2.24. The zero-order valence-corrected chi connectivity index (χ0v) is 14.1. The van der Waals surface area contributed by atoms with E-state index in [0.717, 1.165) is 5.56 Å². The van der Waals surface area contributed by atoms with Crippen molar-refractivity contribution >= 4 is 34.8 Å². The van der Waals surface area contributed by atoms with Crippen molar-refractivity contribution in [2.24, 2.45) is 0 Å². The van der Waals surface area contributed by atoms with Crippen molar-refractivity contribution in [3.05, 3.63) is 82.8 Å². The molecule has 0 spiro atoms. The number of carbonyl (C=O) groups is 2. The fourth-order valence-corrected chi connectivity index (χ4v) is 2.42. The van der Waals surface area contributed by atoms with Crippen LogP contribution in [0.3, 0.4) is 0 Å². The number of benzene rings is 2. The van der Waals surface area contributed by atoms with Crippen LogP contribution in [0, 0.1) is 6.92 Å². The van der Waals surface area contributed by atoms with E-state index in [9.17, 15) is 9.59 Å². The van der Waals surface area contributed by atoms with E-state index < -0.39 is 0 Å². The standard InChI is InChI=1S/C19H15ClN2O3/c1-12-15(20)4-2-5-16(12)22-18(23)13-7-9-14(10-8-13)21-19(24)17-6-3-11-25-17/h2-11H,1H3,(H,21,24)(H,22,23). The first kappa shape index (κ1) is 16.8. The molecule has 25 heavy (non-hydrogen) atoms. The highest BCUT2D eigenvalue weighted by Gasteiger charge is 2.11. The minimum Gasteiger partial charge on any atom is -0.459 e. The van der Waals surface area contributed by atoms with Crippen LogP contribution in [0.2, 0.25) is 5.02 Å². The van der Waals surface area contributed by atoms with Crippen molar-refractivity contribution in [3.8, 4) is 0 Å². The molecule has 2 N–H and O–H groups in total. The summed E-state index contributed by atoms with van der Waals surface area (Å²) in [6, 6.07) is 15.1. The smallest absolute Gasteiger partial charge is 0.291 e. The Bertz CT molecular complexity index is 903. The second-order valence-corrected chi connectivity index (χ2v) is 5.78. The molecule has 3 rings (SSSR count). The molecule has 126 valence electrons. The maximum atomic E-state index is 12.3. The molecule has 0 saturated carbocycles. The number of hydrogen-bond acceptors (Lipinski definition) is 3. The van der Waals surface area contributed by atoms with E-state index >= 15 is 0 Å². The van der Waals surface area contributed by atoms with Gasteiger partial charge in [-0.1, -0.05) is 17.7 Å². The molecule has 3 aromatic rings. The normalized spacial score (nSPS) is 10.3. The Hall–Kier alpha value is -3.05. The van der Waals surface area contributed by atoms with Gasteiger partial charge in [-0.15, -0.1) is 0 Å². The van der Waals surface area contributed by atoms with Crippen LogP contribution >= 0.6 is 11.6 Å². The van der Waals surface area contributed by atoms with E-state index in [1.54, 1.807) is 54.6 Å². The summed E-state index contributed by atoms with van der Waals surface area (Å²) in [5, 5.41) is 6.11. The van der Waals surface area contributed by atoms with Crippen molar-refractivity contribution in [2.75, 3.05) is 10.6 Å². The van der Waals surface area contributed by atoms with Crippen molar-refractivity contribution in [1.29, 1.82) is 0 Å². The van der Waals surface area contributed by atoms with E-state index in [1.165, 1.54) is 6.26 Å². The minimum atomic E-state index is -0.350. The first-order valence-corrected chi connectivity index (χ1v) is 7.94. The van der Waals surface area contributed by atoms with E-state index in [4.69, 9.17) is 16.0 Å². The molecule has 0 unspecified atom stereocenters. The molecule has 0 bridgehead atoms. The molecule has 2 amide bonds. The SMILES string of the molecule is Cc1c(Cl)cccc1NC(=O)c1ccc(NC(=O)c2ccco2)cc1. The molecular formula is C19H15ClN2O3. The van der Waals surface area contributed by atoms with Crippen molar-refractivity contribution in [3.63, 3.8) is 0 Å². The van der Waals surface area contributed by atoms with Gasteiger partial charge in [0.2, 0.25) is 0 Å². The van der Waals surface area contributed by atoms with Gasteiger partial charge in [0.25, 0.3) is 11.8 Å². The molecule has 2 aromatic carbocycles. The van der Waals surface area contributed by atoms with Crippen LogP contribution < -0.4 is 10.6 Å². The molecule has 0 saturated heterocycles. The summed E-state index contributed by atoms with van der Waals surface area (Å²) in [5.74, 6) is -0.385. The number of rotatable bonds is 4. The van der Waals surface area contributed by atoms with E-state index in [1.807, 2.05) is 6.92 Å². The average molecular weight is 355 g/mol. The van der Waals surface area contributed by atoms with Crippen LogP contribution in [-0.2, 0) is 0 Å². The predicted molar refractivity (Wildman–Crippen MR) is 97.2 cm³/mol. The highest BCUT2D eigenvalue weighted by Crippen LogP contribution is 2.23. The highest BCUT2D eigenvalue weighted by atomic mass is 35.5. The summed E-state index contributed by atoms with van der Waals surface area (Å²) >= 11 is 6.06. The molecule has 0 aliphatic carbocycles. The lowest BCUT2D eigenvalue weighted by Gasteiger charge is -2.10. The Balaban J connectivity index is 1.68. The Labute approximate surface area is 149 Å². The largest absolute Gasteiger partial charge is 0.459 e. The van der Waals surface area contributed by atoms with Crippen LogP contribution in [0.1, 0.15) is 26.5 Å². The maximum Gasteiger partial charge on any atom is 0.291 e. The molecular weight excluding hydrogens is 340 g/mol. The number of anilines is 2. The van der Waals surface area contributed by atoms with Gasteiger partial charge in [-0.05, 0) is 61.0 Å². The van der Waals surface area contributed by atoms with Gasteiger partial charge in [0, 0.05) is 22.0 Å². The summed E-state index contributed by atoms with van der Waals surface area (Å²) < 4.78 is 5.03. The minimum absolute atomic E-state index is 0.221. The summed E-state index contributed by atoms with van der Waals surface area (Å²) in [6.07, 6.45) is 1.43. The molecule has 0 fully saturated rings. The summed E-state index contributed by atoms with van der Waals surface area (Å²) in [5.41, 5.74) is 2.50. The molecule has 1 aromatic heterocycles. The lowest BCUT2D eigenvalue weighted by atomic mass is 10.1. The summed E-state index contributed by atoms with van der Waals surface area (Å²) in [4.78, 5) is 24.2. The maximum absolute atomic E-state index is 12.3. The van der Waals surface area contributed by atoms with E-state index in [0.29, 0.717) is 22.0 Å². The zero-order chi connectivity index (χ0) is 17.8. The molecule has 0 radical (unpaired) electrons. The summed E-state index contributed by atoms with van der Waals surface area (Å²) in [7, 11) is 0. The quantitative estimate of drug-likeness (QED) is 0.710. The Morgan fingerprint density at radius 1 is 0.920 bits per heavy atom.